The SMILES string of the molecule is CCNC(=NCCS(=O)Cc1ccccc1)NC1CCN(C(=O)C2CCCCC2)C1. The molecule has 1 aromatic carbocycles. The van der Waals surface area contributed by atoms with Crippen molar-refractivity contribution < 1.29 is 9.00 Å². The Morgan fingerprint density at radius 2 is 1.93 bits per heavy atom. The smallest absolute Gasteiger partial charge is 0.225 e. The number of carbonyl (C=O) groups is 1. The predicted molar refractivity (Wildman–Crippen MR) is 124 cm³/mol. The summed E-state index contributed by atoms with van der Waals surface area (Å²) < 4.78 is 12.3. The van der Waals surface area contributed by atoms with E-state index in [1.54, 1.807) is 0 Å². The third-order valence-electron chi connectivity index (χ3n) is 5.90. The van der Waals surface area contributed by atoms with Crippen molar-refractivity contribution in [3.05, 3.63) is 35.9 Å². The normalized spacial score (nSPS) is 21.4. The van der Waals surface area contributed by atoms with Crippen molar-refractivity contribution in [3.63, 3.8) is 0 Å². The molecule has 0 spiro atoms. The Balaban J connectivity index is 1.44. The van der Waals surface area contributed by atoms with Crippen LogP contribution in [-0.4, -0.2) is 58.9 Å². The maximum atomic E-state index is 12.8. The van der Waals surface area contributed by atoms with Gasteiger partial charge in [-0.25, -0.2) is 0 Å². The van der Waals surface area contributed by atoms with Crippen LogP contribution in [0.5, 0.6) is 0 Å². The number of nitrogens with one attached hydrogen (secondary N) is 2. The lowest BCUT2D eigenvalue weighted by atomic mass is 9.88. The number of rotatable bonds is 8. The Morgan fingerprint density at radius 1 is 1.17 bits per heavy atom. The monoisotopic (exact) mass is 432 g/mol. The molecule has 3 rings (SSSR count). The first-order valence-corrected chi connectivity index (χ1v) is 12.9. The van der Waals surface area contributed by atoms with Crippen molar-refractivity contribution in [2.75, 3.05) is 31.9 Å². The number of hydrogen-bond acceptors (Lipinski definition) is 3. The summed E-state index contributed by atoms with van der Waals surface area (Å²) in [5, 5.41) is 6.75. The zero-order valence-electron chi connectivity index (χ0n) is 18.1. The molecular formula is C23H36N4O2S. The van der Waals surface area contributed by atoms with Crippen molar-refractivity contribution in [2.45, 2.75) is 57.2 Å². The van der Waals surface area contributed by atoms with Crippen LogP contribution in [-0.2, 0) is 21.3 Å². The van der Waals surface area contributed by atoms with E-state index in [1.807, 2.05) is 42.2 Å². The van der Waals surface area contributed by atoms with E-state index in [0.717, 1.165) is 50.4 Å². The second-order valence-electron chi connectivity index (χ2n) is 8.28. The van der Waals surface area contributed by atoms with Crippen LogP contribution >= 0.6 is 0 Å². The van der Waals surface area contributed by atoms with Crippen LogP contribution in [0.25, 0.3) is 0 Å². The first-order valence-electron chi connectivity index (χ1n) is 11.4. The molecule has 7 heteroatoms. The molecule has 2 unspecified atom stereocenters. The van der Waals surface area contributed by atoms with Crippen LogP contribution in [0.15, 0.2) is 35.3 Å². The third-order valence-corrected chi connectivity index (χ3v) is 7.19. The topological polar surface area (TPSA) is 73.8 Å². The minimum atomic E-state index is -0.926. The first kappa shape index (κ1) is 22.8. The molecule has 1 heterocycles. The Morgan fingerprint density at radius 3 is 2.67 bits per heavy atom. The zero-order valence-corrected chi connectivity index (χ0v) is 19.0. The van der Waals surface area contributed by atoms with Gasteiger partial charge in [0.2, 0.25) is 5.91 Å². The van der Waals surface area contributed by atoms with E-state index in [4.69, 9.17) is 0 Å². The Hall–Kier alpha value is -1.89. The summed E-state index contributed by atoms with van der Waals surface area (Å²) in [4.78, 5) is 19.4. The van der Waals surface area contributed by atoms with Crippen LogP contribution in [0.4, 0.5) is 0 Å². The quantitative estimate of drug-likeness (QED) is 0.489. The summed E-state index contributed by atoms with van der Waals surface area (Å²) in [6.45, 7) is 4.91. The summed E-state index contributed by atoms with van der Waals surface area (Å²) in [5.41, 5.74) is 1.10. The molecule has 2 fully saturated rings. The number of guanidine groups is 1. The van der Waals surface area contributed by atoms with Gasteiger partial charge in [0.05, 0.1) is 6.54 Å². The maximum Gasteiger partial charge on any atom is 0.225 e. The molecule has 1 saturated carbocycles. The highest BCUT2D eigenvalue weighted by Crippen LogP contribution is 2.26. The number of likely N-dealkylation sites (tertiary alicyclic amines) is 1. The number of amides is 1. The first-order chi connectivity index (χ1) is 14.7. The molecule has 1 aromatic rings. The second-order valence-corrected chi connectivity index (χ2v) is 9.86. The van der Waals surface area contributed by atoms with Gasteiger partial charge in [0.15, 0.2) is 5.96 Å². The van der Waals surface area contributed by atoms with Crippen molar-refractivity contribution in [1.29, 1.82) is 0 Å². The number of carbonyl (C=O) groups excluding carboxylic acids is 1. The molecule has 0 aromatic heterocycles. The summed E-state index contributed by atoms with van der Waals surface area (Å²) in [6.07, 6.45) is 6.70. The van der Waals surface area contributed by atoms with Gasteiger partial charge in [-0.2, -0.15) is 0 Å². The molecule has 166 valence electrons. The van der Waals surface area contributed by atoms with Crippen LogP contribution in [0.3, 0.4) is 0 Å². The molecule has 2 aliphatic rings. The van der Waals surface area contributed by atoms with Crippen molar-refractivity contribution in [2.24, 2.45) is 10.9 Å². The van der Waals surface area contributed by atoms with Gasteiger partial charge in [0.25, 0.3) is 0 Å². The van der Waals surface area contributed by atoms with Gasteiger partial charge >= 0.3 is 0 Å². The fraction of sp³-hybridized carbons (Fsp3) is 0.652. The summed E-state index contributed by atoms with van der Waals surface area (Å²) >= 11 is 0. The maximum absolute atomic E-state index is 12.8. The lowest BCUT2D eigenvalue weighted by Crippen LogP contribution is -2.45. The number of benzene rings is 1. The molecule has 1 aliphatic heterocycles. The Kier molecular flexibility index (Phi) is 9.18. The summed E-state index contributed by atoms with van der Waals surface area (Å²) in [6, 6.07) is 10.2. The molecule has 6 nitrogen and oxygen atoms in total. The minimum Gasteiger partial charge on any atom is -0.357 e. The minimum absolute atomic E-state index is 0.227. The van der Waals surface area contributed by atoms with Crippen LogP contribution in [0.1, 0.15) is 51.0 Å². The van der Waals surface area contributed by atoms with Gasteiger partial charge < -0.3 is 15.5 Å². The molecule has 0 bridgehead atoms. The fourth-order valence-corrected chi connectivity index (χ4v) is 5.29. The van der Waals surface area contributed by atoms with Crippen LogP contribution in [0, 0.1) is 5.92 Å². The lowest BCUT2D eigenvalue weighted by molar-refractivity contribution is -0.135. The second kappa shape index (κ2) is 12.1. The summed E-state index contributed by atoms with van der Waals surface area (Å²) in [7, 11) is -0.926. The van der Waals surface area contributed by atoms with Gasteiger partial charge in [0, 0.05) is 53.9 Å². The van der Waals surface area contributed by atoms with Crippen LogP contribution < -0.4 is 10.6 Å². The standard InChI is InChI=1S/C23H36N4O2S/c1-2-24-23(25-14-16-30(29)18-19-9-5-3-6-10-19)26-21-13-15-27(17-21)22(28)20-11-7-4-8-12-20/h3,5-6,9-10,20-21H,2,4,7-8,11-18H2,1H3,(H2,24,25,26). The van der Waals surface area contributed by atoms with E-state index >= 15 is 0 Å². The van der Waals surface area contributed by atoms with Crippen LogP contribution in [0.2, 0.25) is 0 Å². The number of nitrogens with zero attached hydrogens (tertiary/aromatic N) is 2. The number of aliphatic imine (C=N–C) groups is 1. The molecule has 0 radical (unpaired) electrons. The van der Waals surface area contributed by atoms with Crippen molar-refractivity contribution in [3.8, 4) is 0 Å². The largest absolute Gasteiger partial charge is 0.357 e. The summed E-state index contributed by atoms with van der Waals surface area (Å²) in [5.74, 6) is 2.45. The number of hydrogen-bond donors (Lipinski definition) is 2. The average Bonchev–Trinajstić information content (AvgIpc) is 3.23. The van der Waals surface area contributed by atoms with E-state index in [9.17, 15) is 9.00 Å². The van der Waals surface area contributed by atoms with E-state index in [-0.39, 0.29) is 12.0 Å². The van der Waals surface area contributed by atoms with Gasteiger partial charge in [-0.05, 0) is 31.7 Å². The molecule has 1 amide bonds. The highest BCUT2D eigenvalue weighted by Gasteiger charge is 2.31. The van der Waals surface area contributed by atoms with Gasteiger partial charge in [-0.15, -0.1) is 0 Å². The molecule has 1 aliphatic carbocycles. The molecule has 2 N–H and O–H groups in total. The fourth-order valence-electron chi connectivity index (χ4n) is 4.29. The highest BCUT2D eigenvalue weighted by molar-refractivity contribution is 7.84. The molecule has 1 saturated heterocycles. The zero-order chi connectivity index (χ0) is 21.2. The van der Waals surface area contributed by atoms with E-state index in [2.05, 4.69) is 15.6 Å². The highest BCUT2D eigenvalue weighted by atomic mass is 32.2. The molecular weight excluding hydrogens is 396 g/mol. The van der Waals surface area contributed by atoms with Gasteiger partial charge in [-0.1, -0.05) is 49.6 Å². The van der Waals surface area contributed by atoms with Gasteiger partial charge in [-0.3, -0.25) is 14.0 Å². The third kappa shape index (κ3) is 7.11. The van der Waals surface area contributed by atoms with Gasteiger partial charge in [0.1, 0.15) is 0 Å². The van der Waals surface area contributed by atoms with E-state index < -0.39 is 10.8 Å². The molecule has 30 heavy (non-hydrogen) atoms. The lowest BCUT2D eigenvalue weighted by Gasteiger charge is -2.26. The molecule has 2 atom stereocenters. The average molecular weight is 433 g/mol. The van der Waals surface area contributed by atoms with Crippen molar-refractivity contribution >= 4 is 22.7 Å². The van der Waals surface area contributed by atoms with Crippen molar-refractivity contribution in [1.82, 2.24) is 15.5 Å². The Labute approximate surface area is 183 Å². The predicted octanol–water partition coefficient (Wildman–Crippen LogP) is 2.67. The van der Waals surface area contributed by atoms with E-state index in [0.29, 0.717) is 24.0 Å². The van der Waals surface area contributed by atoms with E-state index in [1.165, 1.54) is 19.3 Å². The Bertz CT molecular complexity index is 719.